The zero-order chi connectivity index (χ0) is 20.7. The highest BCUT2D eigenvalue weighted by molar-refractivity contribution is 7.80. The number of aryl methyl sites for hydroxylation is 1. The third-order valence-corrected chi connectivity index (χ3v) is 4.79. The monoisotopic (exact) mass is 402 g/mol. The van der Waals surface area contributed by atoms with Crippen LogP contribution < -0.4 is 20.2 Å². The van der Waals surface area contributed by atoms with Crippen LogP contribution >= 0.6 is 12.2 Å². The minimum absolute atomic E-state index is 0.425. The molecule has 0 amide bonds. The number of thiocarbonyl (C=S) groups is 1. The molecule has 0 radical (unpaired) electrons. The molecule has 0 saturated carbocycles. The highest BCUT2D eigenvalue weighted by atomic mass is 32.1. The van der Waals surface area contributed by atoms with E-state index < -0.39 is 0 Å². The average Bonchev–Trinajstić information content (AvgIpc) is 2.95. The second-order valence-electron chi connectivity index (χ2n) is 6.86. The number of hydrogen-bond donors (Lipinski definition) is 2. The number of ether oxygens (including phenoxy) is 2. The van der Waals surface area contributed by atoms with Crippen molar-refractivity contribution in [1.82, 2.24) is 15.3 Å². The van der Waals surface area contributed by atoms with Crippen molar-refractivity contribution in [2.45, 2.75) is 40.2 Å². The molecule has 0 spiro atoms. The predicted molar refractivity (Wildman–Crippen MR) is 119 cm³/mol. The maximum atomic E-state index is 5.33. The fourth-order valence-corrected chi connectivity index (χ4v) is 3.44. The molecule has 0 fully saturated rings. The van der Waals surface area contributed by atoms with Gasteiger partial charge in [-0.3, -0.25) is 5.43 Å². The van der Waals surface area contributed by atoms with Crippen LogP contribution in [0.25, 0.3) is 0 Å². The van der Waals surface area contributed by atoms with Gasteiger partial charge in [-0.1, -0.05) is 6.07 Å². The lowest BCUT2D eigenvalue weighted by Crippen LogP contribution is -2.33. The number of aromatic nitrogens is 1. The van der Waals surface area contributed by atoms with Crippen LogP contribution in [0, 0.1) is 13.8 Å². The van der Waals surface area contributed by atoms with Crippen LogP contribution in [0.2, 0.25) is 0 Å². The summed E-state index contributed by atoms with van der Waals surface area (Å²) in [4.78, 5) is 0. The molecule has 152 valence electrons. The van der Waals surface area contributed by atoms with Gasteiger partial charge in [0.25, 0.3) is 0 Å². The summed E-state index contributed by atoms with van der Waals surface area (Å²) in [5, 5.41) is 7.92. The fourth-order valence-electron chi connectivity index (χ4n) is 3.28. The normalized spacial score (nSPS) is 11.1. The van der Waals surface area contributed by atoms with Crippen LogP contribution in [-0.4, -0.2) is 36.7 Å². The van der Waals surface area contributed by atoms with Gasteiger partial charge in [0.15, 0.2) is 16.6 Å². The summed E-state index contributed by atoms with van der Waals surface area (Å²) in [7, 11) is 3.26. The first kappa shape index (κ1) is 21.8. The lowest BCUT2D eigenvalue weighted by molar-refractivity contribution is 0.354. The van der Waals surface area contributed by atoms with Crippen LogP contribution in [0.4, 0.5) is 0 Å². The minimum atomic E-state index is 0.425. The van der Waals surface area contributed by atoms with Crippen LogP contribution in [0.3, 0.4) is 0 Å². The molecular formula is C21H30N4O2S. The Morgan fingerprint density at radius 2 is 1.89 bits per heavy atom. The van der Waals surface area contributed by atoms with Gasteiger partial charge in [-0.25, -0.2) is 0 Å². The molecule has 1 aromatic heterocycles. The van der Waals surface area contributed by atoms with E-state index in [1.807, 2.05) is 24.4 Å². The van der Waals surface area contributed by atoms with Gasteiger partial charge in [-0.15, -0.1) is 0 Å². The molecule has 0 aliphatic heterocycles. The maximum absolute atomic E-state index is 5.33. The van der Waals surface area contributed by atoms with Gasteiger partial charge in [-0.05, 0) is 70.1 Å². The van der Waals surface area contributed by atoms with Gasteiger partial charge >= 0.3 is 0 Å². The summed E-state index contributed by atoms with van der Waals surface area (Å²) in [5.41, 5.74) is 7.53. The quantitative estimate of drug-likeness (QED) is 0.400. The zero-order valence-corrected chi connectivity index (χ0v) is 18.3. The molecule has 6 nitrogen and oxygen atoms in total. The van der Waals surface area contributed by atoms with E-state index in [0.29, 0.717) is 17.7 Å². The van der Waals surface area contributed by atoms with Gasteiger partial charge in [0, 0.05) is 29.5 Å². The van der Waals surface area contributed by atoms with Crippen molar-refractivity contribution in [3.8, 4) is 11.5 Å². The van der Waals surface area contributed by atoms with E-state index in [2.05, 4.69) is 54.2 Å². The van der Waals surface area contributed by atoms with E-state index >= 15 is 0 Å². The number of rotatable bonds is 8. The van der Waals surface area contributed by atoms with Crippen molar-refractivity contribution < 1.29 is 9.47 Å². The summed E-state index contributed by atoms with van der Waals surface area (Å²) in [6.07, 6.45) is 2.62. The van der Waals surface area contributed by atoms with Crippen LogP contribution in [0.15, 0.2) is 29.4 Å². The first-order valence-corrected chi connectivity index (χ1v) is 9.74. The summed E-state index contributed by atoms with van der Waals surface area (Å²) in [5.74, 6) is 1.45. The van der Waals surface area contributed by atoms with Crippen LogP contribution in [-0.2, 0) is 6.42 Å². The van der Waals surface area contributed by atoms with Crippen LogP contribution in [0.5, 0.6) is 11.5 Å². The van der Waals surface area contributed by atoms with Gasteiger partial charge in [0.05, 0.1) is 20.4 Å². The molecule has 0 atom stereocenters. The standard InChI is InChI=1S/C21H30N4O2S/c1-14(2)25-15(3)11-18(16(25)4)13-23-24-21(28)22-10-9-17-7-8-19(26-5)20(12-17)27-6/h7-8,11-14H,9-10H2,1-6H3,(H2,22,24,28)/b23-13-. The molecular weight excluding hydrogens is 372 g/mol. The van der Waals surface area contributed by atoms with Gasteiger partial charge in [-0.2, -0.15) is 5.10 Å². The number of methoxy groups -OCH3 is 2. The van der Waals surface area contributed by atoms with Crippen LogP contribution in [0.1, 0.15) is 42.4 Å². The molecule has 2 N–H and O–H groups in total. The molecule has 0 unspecified atom stereocenters. The molecule has 2 aromatic rings. The van der Waals surface area contributed by atoms with E-state index in [1.165, 1.54) is 11.4 Å². The Morgan fingerprint density at radius 3 is 2.50 bits per heavy atom. The smallest absolute Gasteiger partial charge is 0.186 e. The highest BCUT2D eigenvalue weighted by Crippen LogP contribution is 2.27. The van der Waals surface area contributed by atoms with Crippen molar-refractivity contribution in [3.63, 3.8) is 0 Å². The van der Waals surface area contributed by atoms with E-state index in [-0.39, 0.29) is 0 Å². The van der Waals surface area contributed by atoms with Gasteiger partial charge < -0.3 is 19.4 Å². The Bertz CT molecular complexity index is 843. The number of benzene rings is 1. The molecule has 28 heavy (non-hydrogen) atoms. The lowest BCUT2D eigenvalue weighted by atomic mass is 10.1. The van der Waals surface area contributed by atoms with Crippen molar-refractivity contribution in [3.05, 3.63) is 46.8 Å². The predicted octanol–water partition coefficient (Wildman–Crippen LogP) is 3.74. The number of nitrogens with zero attached hydrogens (tertiary/aromatic N) is 2. The molecule has 0 aliphatic rings. The first-order valence-electron chi connectivity index (χ1n) is 9.33. The van der Waals surface area contributed by atoms with Crippen molar-refractivity contribution in [2.24, 2.45) is 5.10 Å². The SMILES string of the molecule is COc1ccc(CCNC(=S)N/N=C\c2cc(C)n(C(C)C)c2C)cc1OC. The van der Waals surface area contributed by atoms with Gasteiger partial charge in [0.2, 0.25) is 0 Å². The number of nitrogens with one attached hydrogen (secondary N) is 2. The third-order valence-electron chi connectivity index (χ3n) is 4.56. The topological polar surface area (TPSA) is 59.8 Å². The second kappa shape index (κ2) is 10.1. The van der Waals surface area contributed by atoms with Crippen molar-refractivity contribution >= 4 is 23.5 Å². The number of hydrazone groups is 1. The number of hydrogen-bond acceptors (Lipinski definition) is 4. The fraction of sp³-hybridized carbons (Fsp3) is 0.429. The molecule has 7 heteroatoms. The molecule has 1 aromatic carbocycles. The van der Waals surface area contributed by atoms with E-state index in [4.69, 9.17) is 21.7 Å². The average molecular weight is 403 g/mol. The third kappa shape index (κ3) is 5.48. The summed E-state index contributed by atoms with van der Waals surface area (Å²) in [6, 6.07) is 8.45. The van der Waals surface area contributed by atoms with E-state index in [0.717, 1.165) is 29.0 Å². The molecule has 0 saturated heterocycles. The van der Waals surface area contributed by atoms with Crippen molar-refractivity contribution in [2.75, 3.05) is 20.8 Å². The summed E-state index contributed by atoms with van der Waals surface area (Å²) in [6.45, 7) is 9.26. The molecule has 2 rings (SSSR count). The maximum Gasteiger partial charge on any atom is 0.186 e. The Labute approximate surface area is 172 Å². The Balaban J connectivity index is 1.83. The van der Waals surface area contributed by atoms with Crippen molar-refractivity contribution in [1.29, 1.82) is 0 Å². The zero-order valence-electron chi connectivity index (χ0n) is 17.5. The molecule has 0 bridgehead atoms. The highest BCUT2D eigenvalue weighted by Gasteiger charge is 2.09. The van der Waals surface area contributed by atoms with Gasteiger partial charge in [0.1, 0.15) is 0 Å². The van der Waals surface area contributed by atoms with E-state index in [1.54, 1.807) is 14.2 Å². The lowest BCUT2D eigenvalue weighted by Gasteiger charge is -2.13. The van der Waals surface area contributed by atoms with E-state index in [9.17, 15) is 0 Å². The largest absolute Gasteiger partial charge is 0.493 e. The summed E-state index contributed by atoms with van der Waals surface area (Å²) >= 11 is 5.29. The Morgan fingerprint density at radius 1 is 1.18 bits per heavy atom. The molecule has 0 aliphatic carbocycles. The first-order chi connectivity index (χ1) is 13.4. The second-order valence-corrected chi connectivity index (χ2v) is 7.26. The molecule has 1 heterocycles. The minimum Gasteiger partial charge on any atom is -0.493 e. The Kier molecular flexibility index (Phi) is 7.87. The summed E-state index contributed by atoms with van der Waals surface area (Å²) < 4.78 is 12.9. The Hall–Kier alpha value is -2.54.